The number of rotatable bonds is 10. The molecular weight excluding hydrogens is 483 g/mol. The maximum Gasteiger partial charge on any atom is 0.250 e. The van der Waals surface area contributed by atoms with Crippen molar-refractivity contribution in [2.45, 2.75) is 16.4 Å². The zero-order valence-electron chi connectivity index (χ0n) is 16.3. The zero-order chi connectivity index (χ0) is 22.7. The van der Waals surface area contributed by atoms with Gasteiger partial charge < -0.3 is 19.3 Å². The first-order valence-electron chi connectivity index (χ1n) is 9.17. The summed E-state index contributed by atoms with van der Waals surface area (Å²) >= 11 is 0.917. The lowest BCUT2D eigenvalue weighted by Crippen LogP contribution is -2.26. The summed E-state index contributed by atoms with van der Waals surface area (Å²) in [6, 6.07) is 6.22. The summed E-state index contributed by atoms with van der Waals surface area (Å²) in [6.07, 6.45) is 7.89. The van der Waals surface area contributed by atoms with E-state index in [2.05, 4.69) is 6.08 Å². The number of nitrogens with one attached hydrogen (secondary N) is 1. The van der Waals surface area contributed by atoms with Crippen molar-refractivity contribution in [3.8, 4) is 0 Å². The molecule has 1 aliphatic rings. The fraction of sp³-hybridized carbons (Fsp3) is 0.333. The van der Waals surface area contributed by atoms with Crippen molar-refractivity contribution in [3.05, 3.63) is 54.3 Å². The van der Waals surface area contributed by atoms with Crippen LogP contribution in [0.25, 0.3) is 10.1 Å². The molecule has 0 saturated carbocycles. The molecule has 0 spiro atoms. The summed E-state index contributed by atoms with van der Waals surface area (Å²) in [6.45, 7) is 1.34. The largest absolute Gasteiger partial charge is 0.778 e. The van der Waals surface area contributed by atoms with E-state index in [1.165, 1.54) is 6.07 Å². The zero-order valence-corrected chi connectivity index (χ0v) is 19.6. The molecule has 0 radical (unpaired) electrons. The molecule has 0 bridgehead atoms. The van der Waals surface area contributed by atoms with Crippen LogP contribution in [0.5, 0.6) is 0 Å². The molecule has 2 aromatic rings. The fourth-order valence-corrected chi connectivity index (χ4v) is 7.77. The Kier molecular flexibility index (Phi) is 7.35. The molecule has 0 aliphatic carbocycles. The average molecular weight is 505 g/mol. The van der Waals surface area contributed by atoms with E-state index in [9.17, 15) is 26.3 Å². The number of nitrogens with zero attached hydrogens (tertiary/aromatic N) is 1. The topological polar surface area (TPSA) is 144 Å². The van der Waals surface area contributed by atoms with Crippen molar-refractivity contribution in [1.82, 2.24) is 9.62 Å². The number of sulfonamides is 1. The van der Waals surface area contributed by atoms with Gasteiger partial charge >= 0.3 is 0 Å². The minimum atomic E-state index is -4.78. The Morgan fingerprint density at radius 1 is 1.26 bits per heavy atom. The molecule has 1 aromatic carbocycles. The summed E-state index contributed by atoms with van der Waals surface area (Å²) in [5.74, 6) is -0.131. The van der Waals surface area contributed by atoms with Gasteiger partial charge in [-0.1, -0.05) is 6.07 Å². The smallest absolute Gasteiger partial charge is 0.250 e. The number of sulfone groups is 1. The molecule has 3 rings (SSSR count). The summed E-state index contributed by atoms with van der Waals surface area (Å²) in [4.78, 5) is 21.6. The molecule has 0 saturated heterocycles. The molecule has 1 atom stereocenters. The van der Waals surface area contributed by atoms with Crippen molar-refractivity contribution in [2.75, 3.05) is 25.1 Å². The van der Waals surface area contributed by atoms with Crippen LogP contribution < -0.4 is 9.62 Å². The van der Waals surface area contributed by atoms with E-state index in [0.29, 0.717) is 28.6 Å². The number of fused-ring (bicyclic) bond motifs is 1. The predicted octanol–water partition coefficient (Wildman–Crippen LogP) is 1.18. The van der Waals surface area contributed by atoms with E-state index >= 15 is 0 Å². The lowest BCUT2D eigenvalue weighted by molar-refractivity contribution is -0.193. The van der Waals surface area contributed by atoms with Crippen LogP contribution in [0.2, 0.25) is 0 Å². The summed E-state index contributed by atoms with van der Waals surface area (Å²) in [5, 5.41) is 0.535. The van der Waals surface area contributed by atoms with Gasteiger partial charge in [-0.2, -0.15) is 0 Å². The van der Waals surface area contributed by atoms with E-state index in [1.54, 1.807) is 24.4 Å². The van der Waals surface area contributed by atoms with Gasteiger partial charge in [0.1, 0.15) is 30.6 Å². The van der Waals surface area contributed by atoms with E-state index in [0.717, 1.165) is 17.9 Å². The molecule has 1 aromatic heterocycles. The Morgan fingerprint density at radius 2 is 2.03 bits per heavy atom. The van der Waals surface area contributed by atoms with Crippen molar-refractivity contribution in [3.63, 3.8) is 0 Å². The fourth-order valence-electron chi connectivity index (χ4n) is 2.96. The van der Waals surface area contributed by atoms with E-state index in [1.807, 2.05) is 21.8 Å². The molecular formula is C18H21N2O7PS3. The second-order valence-corrected chi connectivity index (χ2v) is 13.9. The summed E-state index contributed by atoms with van der Waals surface area (Å²) in [7, 11) is -12.3. The first kappa shape index (κ1) is 24.0. The molecule has 9 nitrogen and oxygen atoms in total. The lowest BCUT2D eigenvalue weighted by Gasteiger charge is -2.15. The third-order valence-electron chi connectivity index (χ3n) is 4.38. The Morgan fingerprint density at radius 3 is 2.71 bits per heavy atom. The van der Waals surface area contributed by atoms with E-state index in [4.69, 9.17) is 4.89 Å². The molecule has 31 heavy (non-hydrogen) atoms. The predicted molar refractivity (Wildman–Crippen MR) is 117 cm³/mol. The van der Waals surface area contributed by atoms with Crippen molar-refractivity contribution >= 4 is 48.9 Å². The molecule has 2 N–H and O–H groups in total. The van der Waals surface area contributed by atoms with Gasteiger partial charge in [0.2, 0.25) is 0 Å². The second kappa shape index (κ2) is 9.48. The maximum atomic E-state index is 12.5. The SMILES string of the molecule is O=P([O-])(O)CNS(=O)(=O)c1cc2cc(CS(=O)(=O)CCCN3C=[C+]C=CC3)ccc2s1. The summed E-state index contributed by atoms with van der Waals surface area (Å²) < 4.78 is 62.5. The second-order valence-electron chi connectivity index (χ2n) is 7.02. The van der Waals surface area contributed by atoms with Gasteiger partial charge in [0, 0.05) is 11.2 Å². The normalized spacial score (nSPS) is 16.4. The van der Waals surface area contributed by atoms with Crippen LogP contribution in [-0.2, 0) is 30.2 Å². The molecule has 168 valence electrons. The number of thiophene rings is 1. The van der Waals surface area contributed by atoms with Crippen LogP contribution in [-0.4, -0.2) is 51.8 Å². The highest BCUT2D eigenvalue weighted by Crippen LogP contribution is 2.32. The molecule has 1 unspecified atom stereocenters. The Labute approximate surface area is 185 Å². The highest BCUT2D eigenvalue weighted by atomic mass is 32.2. The van der Waals surface area contributed by atoms with Crippen molar-refractivity contribution in [1.29, 1.82) is 0 Å². The number of benzene rings is 1. The van der Waals surface area contributed by atoms with Crippen LogP contribution in [0, 0.1) is 6.08 Å². The third kappa shape index (κ3) is 7.20. The summed E-state index contributed by atoms with van der Waals surface area (Å²) in [5.41, 5.74) is 0.538. The first-order valence-corrected chi connectivity index (χ1v) is 15.1. The van der Waals surface area contributed by atoms with Crippen LogP contribution in [0.3, 0.4) is 0 Å². The molecule has 13 heteroatoms. The van der Waals surface area contributed by atoms with Gasteiger partial charge in [0.25, 0.3) is 10.0 Å². The highest BCUT2D eigenvalue weighted by Gasteiger charge is 2.20. The van der Waals surface area contributed by atoms with Gasteiger partial charge in [-0.05, 0) is 35.6 Å². The van der Waals surface area contributed by atoms with Gasteiger partial charge in [-0.25, -0.2) is 21.6 Å². The van der Waals surface area contributed by atoms with Crippen LogP contribution >= 0.6 is 18.9 Å². The van der Waals surface area contributed by atoms with Gasteiger partial charge in [0.05, 0.1) is 23.9 Å². The van der Waals surface area contributed by atoms with Crippen molar-refractivity contribution < 1.29 is 31.2 Å². The van der Waals surface area contributed by atoms with Gasteiger partial charge in [-0.3, -0.25) is 0 Å². The Hall–Kier alpha value is -1.62. The number of hydrogen-bond donors (Lipinski definition) is 2. The molecule has 0 amide bonds. The average Bonchev–Trinajstić information content (AvgIpc) is 3.11. The standard InChI is InChI=1S/C18H21N2O7PS3/c21-28(22,23)14-19-31(26,27)18-12-16-11-15(5-6-17(16)29-18)13-30(24,25)10-4-9-20-7-2-1-3-8-20/h1-2,5-6,8,11-12,19H,4,7,9-10,13-14H2,(H-,21,22,23). The van der Waals surface area contributed by atoms with Gasteiger partial charge in [-0.15, -0.1) is 11.3 Å². The molecule has 1 aliphatic heterocycles. The van der Waals surface area contributed by atoms with Gasteiger partial charge in [0.15, 0.2) is 15.9 Å². The van der Waals surface area contributed by atoms with Crippen LogP contribution in [0.15, 0.2) is 46.8 Å². The van der Waals surface area contributed by atoms with E-state index < -0.39 is 33.7 Å². The van der Waals surface area contributed by atoms with Crippen molar-refractivity contribution in [2.24, 2.45) is 0 Å². The van der Waals surface area contributed by atoms with E-state index in [-0.39, 0.29) is 15.7 Å². The molecule has 2 heterocycles. The Bertz CT molecular complexity index is 1260. The lowest BCUT2D eigenvalue weighted by atomic mass is 10.2. The quantitative estimate of drug-likeness (QED) is 0.363. The monoisotopic (exact) mass is 504 g/mol. The van der Waals surface area contributed by atoms with Crippen LogP contribution in [0.4, 0.5) is 0 Å². The Balaban J connectivity index is 1.65. The molecule has 0 fully saturated rings. The minimum absolute atomic E-state index is 0.0304. The van der Waals surface area contributed by atoms with Crippen LogP contribution in [0.1, 0.15) is 12.0 Å². The highest BCUT2D eigenvalue weighted by molar-refractivity contribution is 7.92. The number of hydrogen-bond acceptors (Lipinski definition) is 8. The minimum Gasteiger partial charge on any atom is -0.778 e. The maximum absolute atomic E-state index is 12.5. The third-order valence-corrected chi connectivity index (χ3v) is 9.82. The number of allylic oxidation sites excluding steroid dienone is 2. The first-order chi connectivity index (χ1) is 14.4.